The van der Waals surface area contributed by atoms with Gasteiger partial charge in [0.25, 0.3) is 0 Å². The molecule has 1 atom stereocenters. The van der Waals surface area contributed by atoms with Gasteiger partial charge in [0, 0.05) is 6.61 Å². The van der Waals surface area contributed by atoms with Gasteiger partial charge in [-0.3, -0.25) is 9.88 Å². The quantitative estimate of drug-likeness (QED) is 0.674. The molecule has 6 nitrogen and oxygen atoms in total. The third-order valence-electron chi connectivity index (χ3n) is 2.06. The van der Waals surface area contributed by atoms with E-state index in [2.05, 4.69) is 28.2 Å². The number of amides is 2. The second-order valence-electron chi connectivity index (χ2n) is 3.07. The first-order valence-electron chi connectivity index (χ1n) is 4.60. The molecule has 2 rings (SSSR count). The largest absolute Gasteiger partial charge is 0.361 e. The average Bonchev–Trinajstić information content (AvgIpc) is 2.58. The summed E-state index contributed by atoms with van der Waals surface area (Å²) in [5.74, 6) is 0.646. The summed E-state index contributed by atoms with van der Waals surface area (Å²) in [4.78, 5) is 15.4. The molecule has 1 aliphatic heterocycles. The highest BCUT2D eigenvalue weighted by atomic mass is 32.1. The van der Waals surface area contributed by atoms with Crippen LogP contribution in [-0.4, -0.2) is 22.2 Å². The number of fused-ring (bicyclic) bond motifs is 1. The van der Waals surface area contributed by atoms with Crippen LogP contribution in [0.25, 0.3) is 0 Å². The molecule has 1 aliphatic rings. The number of thiol groups is 1. The Labute approximate surface area is 92.4 Å². The summed E-state index contributed by atoms with van der Waals surface area (Å²) in [5.41, 5.74) is 0.706. The summed E-state index contributed by atoms with van der Waals surface area (Å²) in [6.07, 6.45) is 1.62. The maximum atomic E-state index is 11.2. The Morgan fingerprint density at radius 3 is 3.27 bits per heavy atom. The second-order valence-corrected chi connectivity index (χ2v) is 3.59. The van der Waals surface area contributed by atoms with E-state index in [0.717, 1.165) is 0 Å². The summed E-state index contributed by atoms with van der Waals surface area (Å²) in [5, 5.41) is 4.91. The van der Waals surface area contributed by atoms with Gasteiger partial charge in [0.2, 0.25) is 0 Å². The molecule has 0 fully saturated rings. The SMILES string of the molecule is CCOCn1cnc2c1NC(=O)NC2S. The monoisotopic (exact) mass is 228 g/mol. The predicted molar refractivity (Wildman–Crippen MR) is 57.7 cm³/mol. The van der Waals surface area contributed by atoms with E-state index >= 15 is 0 Å². The minimum absolute atomic E-state index is 0.277. The average molecular weight is 228 g/mol. The van der Waals surface area contributed by atoms with Crippen molar-refractivity contribution in [3.63, 3.8) is 0 Å². The fraction of sp³-hybridized carbons (Fsp3) is 0.500. The summed E-state index contributed by atoms with van der Waals surface area (Å²) >= 11 is 4.22. The fourth-order valence-corrected chi connectivity index (χ4v) is 1.66. The van der Waals surface area contributed by atoms with E-state index in [0.29, 0.717) is 24.8 Å². The molecule has 82 valence electrons. The third kappa shape index (κ3) is 1.93. The summed E-state index contributed by atoms with van der Waals surface area (Å²) in [7, 11) is 0. The highest BCUT2D eigenvalue weighted by molar-refractivity contribution is 7.80. The van der Waals surface area contributed by atoms with E-state index in [1.807, 2.05) is 6.92 Å². The zero-order valence-corrected chi connectivity index (χ0v) is 9.12. The number of nitrogens with zero attached hydrogens (tertiary/aromatic N) is 2. The number of carbonyl (C=O) groups is 1. The molecule has 2 amide bonds. The van der Waals surface area contributed by atoms with Gasteiger partial charge in [-0.1, -0.05) is 0 Å². The Bertz CT molecular complexity index is 379. The van der Waals surface area contributed by atoms with Crippen molar-refractivity contribution in [2.45, 2.75) is 19.0 Å². The zero-order chi connectivity index (χ0) is 10.8. The van der Waals surface area contributed by atoms with Gasteiger partial charge in [-0.05, 0) is 6.92 Å². The topological polar surface area (TPSA) is 68.2 Å². The van der Waals surface area contributed by atoms with Gasteiger partial charge < -0.3 is 10.1 Å². The number of urea groups is 1. The molecule has 2 heterocycles. The van der Waals surface area contributed by atoms with Gasteiger partial charge in [-0.25, -0.2) is 9.78 Å². The van der Waals surface area contributed by atoms with Crippen LogP contribution in [0.2, 0.25) is 0 Å². The lowest BCUT2D eigenvalue weighted by Crippen LogP contribution is -2.36. The maximum Gasteiger partial charge on any atom is 0.321 e. The Balaban J connectivity index is 2.24. The van der Waals surface area contributed by atoms with Crippen LogP contribution in [0.4, 0.5) is 10.6 Å². The van der Waals surface area contributed by atoms with Gasteiger partial charge >= 0.3 is 6.03 Å². The smallest absolute Gasteiger partial charge is 0.321 e. The number of nitrogens with one attached hydrogen (secondary N) is 2. The number of imidazole rings is 1. The summed E-state index contributed by atoms with van der Waals surface area (Å²) in [6.45, 7) is 2.90. The molecule has 0 saturated carbocycles. The second kappa shape index (κ2) is 4.11. The van der Waals surface area contributed by atoms with Crippen molar-refractivity contribution in [2.24, 2.45) is 0 Å². The number of hydrogen-bond donors (Lipinski definition) is 3. The van der Waals surface area contributed by atoms with Crippen LogP contribution in [0.3, 0.4) is 0 Å². The van der Waals surface area contributed by atoms with E-state index in [1.54, 1.807) is 10.9 Å². The van der Waals surface area contributed by atoms with E-state index < -0.39 is 0 Å². The number of ether oxygens (including phenoxy) is 1. The standard InChI is InChI=1S/C8H12N4O2S/c1-2-14-4-12-3-9-5-6(12)10-8(13)11-7(5)15/h3,7,15H,2,4H2,1H3,(H2,10,11,13). The van der Waals surface area contributed by atoms with Crippen molar-refractivity contribution in [1.82, 2.24) is 14.9 Å². The van der Waals surface area contributed by atoms with Crippen molar-refractivity contribution in [3.8, 4) is 0 Å². The molecular weight excluding hydrogens is 216 g/mol. The molecule has 2 N–H and O–H groups in total. The number of hydrogen-bond acceptors (Lipinski definition) is 4. The van der Waals surface area contributed by atoms with Crippen molar-refractivity contribution in [1.29, 1.82) is 0 Å². The highest BCUT2D eigenvalue weighted by Gasteiger charge is 2.25. The van der Waals surface area contributed by atoms with Crippen LogP contribution in [-0.2, 0) is 11.5 Å². The van der Waals surface area contributed by atoms with Crippen LogP contribution >= 0.6 is 12.6 Å². The van der Waals surface area contributed by atoms with E-state index in [9.17, 15) is 4.79 Å². The lowest BCUT2D eigenvalue weighted by atomic mass is 10.3. The minimum atomic E-state index is -0.364. The molecule has 1 aromatic rings. The van der Waals surface area contributed by atoms with E-state index in [-0.39, 0.29) is 11.4 Å². The first-order chi connectivity index (χ1) is 7.22. The lowest BCUT2D eigenvalue weighted by molar-refractivity contribution is 0.0890. The van der Waals surface area contributed by atoms with Gasteiger partial charge in [0.15, 0.2) is 0 Å². The number of carbonyl (C=O) groups excluding carboxylic acids is 1. The van der Waals surface area contributed by atoms with Crippen molar-refractivity contribution in [3.05, 3.63) is 12.0 Å². The lowest BCUT2D eigenvalue weighted by Gasteiger charge is -2.20. The van der Waals surface area contributed by atoms with Crippen LogP contribution in [0, 0.1) is 0 Å². The first-order valence-corrected chi connectivity index (χ1v) is 5.12. The molecule has 15 heavy (non-hydrogen) atoms. The molecule has 1 unspecified atom stereocenters. The Morgan fingerprint density at radius 2 is 2.53 bits per heavy atom. The van der Waals surface area contributed by atoms with Crippen LogP contribution < -0.4 is 10.6 Å². The van der Waals surface area contributed by atoms with Crippen molar-refractivity contribution >= 4 is 24.5 Å². The van der Waals surface area contributed by atoms with Gasteiger partial charge in [-0.15, -0.1) is 12.6 Å². The summed E-state index contributed by atoms with van der Waals surface area (Å²) < 4.78 is 6.98. The molecule has 1 aromatic heterocycles. The fourth-order valence-electron chi connectivity index (χ4n) is 1.36. The minimum Gasteiger partial charge on any atom is -0.361 e. The summed E-state index contributed by atoms with van der Waals surface area (Å²) in [6, 6.07) is -0.277. The van der Waals surface area contributed by atoms with Gasteiger partial charge in [-0.2, -0.15) is 0 Å². The van der Waals surface area contributed by atoms with Gasteiger partial charge in [0.05, 0.1) is 6.33 Å². The number of aromatic nitrogens is 2. The Morgan fingerprint density at radius 1 is 1.73 bits per heavy atom. The molecule has 7 heteroatoms. The Hall–Kier alpha value is -1.21. The normalized spacial score (nSPS) is 19.3. The van der Waals surface area contributed by atoms with Gasteiger partial charge in [0.1, 0.15) is 23.6 Å². The van der Waals surface area contributed by atoms with E-state index in [4.69, 9.17) is 4.74 Å². The van der Waals surface area contributed by atoms with Crippen molar-refractivity contribution < 1.29 is 9.53 Å². The third-order valence-corrected chi connectivity index (χ3v) is 2.43. The van der Waals surface area contributed by atoms with E-state index in [1.165, 1.54) is 0 Å². The zero-order valence-electron chi connectivity index (χ0n) is 8.23. The molecule has 0 spiro atoms. The number of anilines is 1. The highest BCUT2D eigenvalue weighted by Crippen LogP contribution is 2.27. The van der Waals surface area contributed by atoms with Crippen LogP contribution in [0.15, 0.2) is 6.33 Å². The number of rotatable bonds is 3. The first kappa shape index (κ1) is 10.3. The van der Waals surface area contributed by atoms with Crippen molar-refractivity contribution in [2.75, 3.05) is 11.9 Å². The molecular formula is C8H12N4O2S. The molecule has 0 saturated heterocycles. The molecule has 0 radical (unpaired) electrons. The molecule has 0 aliphatic carbocycles. The van der Waals surface area contributed by atoms with Crippen LogP contribution in [0.1, 0.15) is 18.0 Å². The van der Waals surface area contributed by atoms with Crippen LogP contribution in [0.5, 0.6) is 0 Å². The molecule has 0 aromatic carbocycles. The Kier molecular flexibility index (Phi) is 2.83. The predicted octanol–water partition coefficient (Wildman–Crippen LogP) is 0.941. The molecule has 0 bridgehead atoms. The maximum absolute atomic E-state index is 11.2.